The predicted octanol–water partition coefficient (Wildman–Crippen LogP) is 3.29. The topological polar surface area (TPSA) is 52.7 Å². The molecule has 1 aromatic rings. The van der Waals surface area contributed by atoms with E-state index in [0.717, 1.165) is 24.1 Å². The minimum absolute atomic E-state index is 0.0781. The number of amides is 2. The summed E-state index contributed by atoms with van der Waals surface area (Å²) in [7, 11) is 1.80. The first-order valence-electron chi connectivity index (χ1n) is 9.14. The number of rotatable bonds is 9. The van der Waals surface area contributed by atoms with Gasteiger partial charge in [-0.15, -0.1) is 0 Å². The number of nitrogens with zero attached hydrogens (tertiary/aromatic N) is 2. The third-order valence-corrected chi connectivity index (χ3v) is 4.57. The van der Waals surface area contributed by atoms with Gasteiger partial charge in [-0.2, -0.15) is 0 Å². The molecule has 0 heterocycles. The van der Waals surface area contributed by atoms with Crippen LogP contribution < -0.4 is 5.32 Å². The maximum atomic E-state index is 12.7. The summed E-state index contributed by atoms with van der Waals surface area (Å²) in [5.74, 6) is -0.0351. The molecule has 0 saturated carbocycles. The Morgan fingerprint density at radius 3 is 2.00 bits per heavy atom. The minimum atomic E-state index is -0.113. The van der Waals surface area contributed by atoms with E-state index < -0.39 is 0 Å². The molecule has 5 nitrogen and oxygen atoms in total. The molecule has 0 radical (unpaired) electrons. The molecule has 2 atom stereocenters. The van der Waals surface area contributed by atoms with E-state index in [1.807, 2.05) is 36.1 Å². The molecule has 0 aliphatic heterocycles. The molecule has 140 valence electrons. The van der Waals surface area contributed by atoms with Crippen molar-refractivity contribution >= 4 is 17.5 Å². The Kier molecular flexibility index (Phi) is 8.62. The van der Waals surface area contributed by atoms with Gasteiger partial charge in [-0.05, 0) is 52.8 Å². The predicted molar refractivity (Wildman–Crippen MR) is 104 cm³/mol. The minimum Gasteiger partial charge on any atom is -0.336 e. The fourth-order valence-corrected chi connectivity index (χ4v) is 2.77. The van der Waals surface area contributed by atoms with Crippen molar-refractivity contribution in [2.45, 2.75) is 59.5 Å². The van der Waals surface area contributed by atoms with Gasteiger partial charge in [0.2, 0.25) is 11.8 Å². The molecule has 5 heteroatoms. The van der Waals surface area contributed by atoms with E-state index in [2.05, 4.69) is 33.0 Å². The van der Waals surface area contributed by atoms with Gasteiger partial charge in [0.1, 0.15) is 0 Å². The average Bonchev–Trinajstić information content (AvgIpc) is 2.56. The number of likely N-dealkylation sites (N-methyl/N-ethyl adjacent to an activating group) is 1. The van der Waals surface area contributed by atoms with Crippen LogP contribution in [0.5, 0.6) is 0 Å². The lowest BCUT2D eigenvalue weighted by Gasteiger charge is -2.35. The van der Waals surface area contributed by atoms with Gasteiger partial charge in [0, 0.05) is 17.8 Å². The van der Waals surface area contributed by atoms with Crippen molar-refractivity contribution in [1.29, 1.82) is 0 Å². The summed E-state index contributed by atoms with van der Waals surface area (Å²) in [4.78, 5) is 28.6. The van der Waals surface area contributed by atoms with Gasteiger partial charge in [0.15, 0.2) is 0 Å². The summed E-state index contributed by atoms with van der Waals surface area (Å²) in [6, 6.07) is 8.09. The summed E-state index contributed by atoms with van der Waals surface area (Å²) in [5.41, 5.74) is 1.92. The van der Waals surface area contributed by atoms with E-state index in [1.54, 1.807) is 11.9 Å². The van der Waals surface area contributed by atoms with E-state index in [-0.39, 0.29) is 37.0 Å². The second-order valence-electron chi connectivity index (χ2n) is 6.90. The van der Waals surface area contributed by atoms with Crippen molar-refractivity contribution in [3.05, 3.63) is 29.8 Å². The average molecular weight is 348 g/mol. The molecule has 1 N–H and O–H groups in total. The van der Waals surface area contributed by atoms with E-state index >= 15 is 0 Å². The van der Waals surface area contributed by atoms with Crippen LogP contribution in [0, 0.1) is 6.92 Å². The van der Waals surface area contributed by atoms with Gasteiger partial charge in [-0.3, -0.25) is 14.5 Å². The number of hydrogen-bond donors (Lipinski definition) is 1. The van der Waals surface area contributed by atoms with Crippen LogP contribution in [0.15, 0.2) is 24.3 Å². The summed E-state index contributed by atoms with van der Waals surface area (Å²) in [6.07, 6.45) is 1.85. The highest BCUT2D eigenvalue weighted by molar-refractivity contribution is 5.92. The number of nitrogens with one attached hydrogen (secondary N) is 1. The fraction of sp³-hybridized carbons (Fsp3) is 0.600. The summed E-state index contributed by atoms with van der Waals surface area (Å²) >= 11 is 0. The van der Waals surface area contributed by atoms with E-state index in [0.29, 0.717) is 0 Å². The second kappa shape index (κ2) is 10.2. The van der Waals surface area contributed by atoms with E-state index in [1.165, 1.54) is 0 Å². The molecule has 1 rings (SSSR count). The number of hydrogen-bond acceptors (Lipinski definition) is 3. The van der Waals surface area contributed by atoms with Crippen molar-refractivity contribution in [1.82, 2.24) is 9.80 Å². The molecule has 0 bridgehead atoms. The van der Waals surface area contributed by atoms with Gasteiger partial charge in [-0.25, -0.2) is 0 Å². The smallest absolute Gasteiger partial charge is 0.238 e. The highest BCUT2D eigenvalue weighted by Crippen LogP contribution is 2.13. The van der Waals surface area contributed by atoms with Crippen LogP contribution in [-0.2, 0) is 9.59 Å². The van der Waals surface area contributed by atoms with Crippen molar-refractivity contribution in [3.8, 4) is 0 Å². The van der Waals surface area contributed by atoms with Gasteiger partial charge < -0.3 is 10.2 Å². The molecule has 0 spiro atoms. The lowest BCUT2D eigenvalue weighted by Crippen LogP contribution is -2.49. The summed E-state index contributed by atoms with van der Waals surface area (Å²) in [5, 5.41) is 2.86. The highest BCUT2D eigenvalue weighted by atomic mass is 16.2. The highest BCUT2D eigenvalue weighted by Gasteiger charge is 2.24. The SMILES string of the molecule is CC[C@H](C)N(C(=O)CN(C)CC(=O)Nc1ccc(C)cc1)[C@@H](C)CC. The summed E-state index contributed by atoms with van der Waals surface area (Å²) in [6.45, 7) is 10.8. The molecule has 0 fully saturated rings. The third-order valence-electron chi connectivity index (χ3n) is 4.57. The first-order valence-corrected chi connectivity index (χ1v) is 9.14. The van der Waals surface area contributed by atoms with E-state index in [9.17, 15) is 9.59 Å². The van der Waals surface area contributed by atoms with Crippen molar-refractivity contribution in [2.75, 3.05) is 25.5 Å². The lowest BCUT2D eigenvalue weighted by molar-refractivity contribution is -0.136. The van der Waals surface area contributed by atoms with Crippen LogP contribution in [-0.4, -0.2) is 53.8 Å². The molecular weight excluding hydrogens is 314 g/mol. The number of carbonyl (C=O) groups excluding carboxylic acids is 2. The maximum Gasteiger partial charge on any atom is 0.238 e. The first-order chi connectivity index (χ1) is 11.8. The number of benzene rings is 1. The van der Waals surface area contributed by atoms with Crippen LogP contribution >= 0.6 is 0 Å². The molecule has 1 aromatic carbocycles. The Bertz CT molecular complexity index is 547. The lowest BCUT2D eigenvalue weighted by atomic mass is 10.1. The molecule has 0 unspecified atom stereocenters. The Labute approximate surface area is 152 Å². The Morgan fingerprint density at radius 2 is 1.52 bits per heavy atom. The van der Waals surface area contributed by atoms with Gasteiger partial charge in [0.05, 0.1) is 13.1 Å². The Morgan fingerprint density at radius 1 is 1.00 bits per heavy atom. The number of aryl methyl sites for hydroxylation is 1. The van der Waals surface area contributed by atoms with Gasteiger partial charge in [-0.1, -0.05) is 31.5 Å². The molecule has 0 saturated heterocycles. The number of anilines is 1. The first kappa shape index (κ1) is 21.2. The van der Waals surface area contributed by atoms with Gasteiger partial charge in [0.25, 0.3) is 0 Å². The molecule has 0 aromatic heterocycles. The molecular formula is C20H33N3O2. The monoisotopic (exact) mass is 347 g/mol. The van der Waals surface area contributed by atoms with Crippen LogP contribution in [0.3, 0.4) is 0 Å². The molecule has 2 amide bonds. The largest absolute Gasteiger partial charge is 0.336 e. The van der Waals surface area contributed by atoms with Crippen molar-refractivity contribution < 1.29 is 9.59 Å². The fourth-order valence-electron chi connectivity index (χ4n) is 2.77. The van der Waals surface area contributed by atoms with Crippen LogP contribution in [0.1, 0.15) is 46.1 Å². The molecule has 0 aliphatic rings. The standard InChI is InChI=1S/C20H33N3O2/c1-7-16(4)23(17(5)8-2)20(25)14-22(6)13-19(24)21-18-11-9-15(3)10-12-18/h9-12,16-17H,7-8,13-14H2,1-6H3,(H,21,24)/t16-,17-/m0/s1. The molecule has 0 aliphatic carbocycles. The zero-order valence-electron chi connectivity index (χ0n) is 16.5. The second-order valence-corrected chi connectivity index (χ2v) is 6.90. The molecule has 25 heavy (non-hydrogen) atoms. The Balaban J connectivity index is 2.58. The zero-order chi connectivity index (χ0) is 19.0. The zero-order valence-corrected chi connectivity index (χ0v) is 16.5. The van der Waals surface area contributed by atoms with Crippen molar-refractivity contribution in [3.63, 3.8) is 0 Å². The van der Waals surface area contributed by atoms with Crippen LogP contribution in [0.4, 0.5) is 5.69 Å². The van der Waals surface area contributed by atoms with Crippen LogP contribution in [0.2, 0.25) is 0 Å². The van der Waals surface area contributed by atoms with Crippen LogP contribution in [0.25, 0.3) is 0 Å². The van der Waals surface area contributed by atoms with E-state index in [4.69, 9.17) is 0 Å². The Hall–Kier alpha value is -1.88. The van der Waals surface area contributed by atoms with Gasteiger partial charge >= 0.3 is 0 Å². The maximum absolute atomic E-state index is 12.7. The quantitative estimate of drug-likeness (QED) is 0.746. The normalized spacial score (nSPS) is 13.4. The van der Waals surface area contributed by atoms with Crippen molar-refractivity contribution in [2.24, 2.45) is 0 Å². The summed E-state index contributed by atoms with van der Waals surface area (Å²) < 4.78 is 0. The number of carbonyl (C=O) groups is 2. The third kappa shape index (κ3) is 6.86.